The maximum absolute atomic E-state index is 13.4. The first-order valence-electron chi connectivity index (χ1n) is 12.2. The van der Waals surface area contributed by atoms with Gasteiger partial charge in [-0.1, -0.05) is 30.9 Å². The fourth-order valence-electron chi connectivity index (χ4n) is 5.55. The normalized spacial score (nSPS) is 20.4. The highest BCUT2D eigenvalue weighted by Crippen LogP contribution is 2.45. The second-order valence-corrected chi connectivity index (χ2v) is 12.1. The Morgan fingerprint density at radius 2 is 1.74 bits per heavy atom. The number of piperazine rings is 1. The van der Waals surface area contributed by atoms with Crippen LogP contribution in [0, 0.1) is 6.92 Å². The molecule has 0 bridgehead atoms. The number of fused-ring (bicyclic) bond motifs is 2. The van der Waals surface area contributed by atoms with Gasteiger partial charge in [0, 0.05) is 43.5 Å². The summed E-state index contributed by atoms with van der Waals surface area (Å²) in [6.07, 6.45) is 6.57. The van der Waals surface area contributed by atoms with Crippen LogP contribution in [0.5, 0.6) is 11.5 Å². The van der Waals surface area contributed by atoms with Crippen LogP contribution in [-0.4, -0.2) is 58.6 Å². The summed E-state index contributed by atoms with van der Waals surface area (Å²) in [5, 5.41) is 0.381. The highest BCUT2D eigenvalue weighted by Gasteiger charge is 2.32. The summed E-state index contributed by atoms with van der Waals surface area (Å²) in [4.78, 5) is 16.9. The van der Waals surface area contributed by atoms with Crippen LogP contribution in [0.25, 0.3) is 0 Å². The molecular formula is C26H31ClN2O5S. The first-order valence-corrected chi connectivity index (χ1v) is 14.2. The largest absolute Gasteiger partial charge is 0.465 e. The number of sulfone groups is 1. The molecule has 2 heterocycles. The van der Waals surface area contributed by atoms with Crippen molar-refractivity contribution in [2.24, 2.45) is 0 Å². The van der Waals surface area contributed by atoms with Crippen molar-refractivity contribution in [1.29, 1.82) is 0 Å². The van der Waals surface area contributed by atoms with Gasteiger partial charge in [0.15, 0.2) is 9.84 Å². The first-order chi connectivity index (χ1) is 16.8. The number of carbonyl (C=O) groups excluding carboxylic acids is 1. The molecule has 0 amide bonds. The molecule has 35 heavy (non-hydrogen) atoms. The highest BCUT2D eigenvalue weighted by atomic mass is 35.5. The second kappa shape index (κ2) is 9.64. The third-order valence-corrected chi connectivity index (χ3v) is 9.37. The molecule has 2 fully saturated rings. The summed E-state index contributed by atoms with van der Waals surface area (Å²) < 4.78 is 37.7. The molecule has 1 saturated carbocycles. The van der Waals surface area contributed by atoms with Crippen molar-refractivity contribution < 1.29 is 22.7 Å². The van der Waals surface area contributed by atoms with Crippen molar-refractivity contribution in [2.75, 3.05) is 38.2 Å². The van der Waals surface area contributed by atoms with E-state index in [-0.39, 0.29) is 22.0 Å². The first kappa shape index (κ1) is 24.4. The van der Waals surface area contributed by atoms with Gasteiger partial charge in [0.05, 0.1) is 23.4 Å². The summed E-state index contributed by atoms with van der Waals surface area (Å²) in [6, 6.07) is 7.34. The van der Waals surface area contributed by atoms with Gasteiger partial charge in [-0.2, -0.15) is 0 Å². The summed E-state index contributed by atoms with van der Waals surface area (Å²) >= 11 is 6.67. The number of halogens is 1. The molecule has 0 radical (unpaired) electrons. The van der Waals surface area contributed by atoms with Gasteiger partial charge < -0.3 is 14.4 Å². The van der Waals surface area contributed by atoms with Crippen LogP contribution >= 0.6 is 11.6 Å². The van der Waals surface area contributed by atoms with Gasteiger partial charge in [0.2, 0.25) is 0 Å². The predicted octanol–water partition coefficient (Wildman–Crippen LogP) is 4.97. The Balaban J connectivity index is 1.43. The Hall–Kier alpha value is -2.29. The molecule has 188 valence electrons. The van der Waals surface area contributed by atoms with E-state index in [1.54, 1.807) is 13.0 Å². The van der Waals surface area contributed by atoms with Gasteiger partial charge in [-0.25, -0.2) is 13.2 Å². The van der Waals surface area contributed by atoms with Crippen molar-refractivity contribution in [3.63, 3.8) is 0 Å². The Labute approximate surface area is 211 Å². The second-order valence-electron chi connectivity index (χ2n) is 9.70. The van der Waals surface area contributed by atoms with E-state index in [0.717, 1.165) is 31.9 Å². The number of carbonyl (C=O) groups is 1. The van der Waals surface area contributed by atoms with Crippen molar-refractivity contribution in [3.05, 3.63) is 46.0 Å². The van der Waals surface area contributed by atoms with E-state index in [4.69, 9.17) is 21.1 Å². The number of nitrogens with zero attached hydrogens (tertiary/aromatic N) is 2. The molecule has 0 spiro atoms. The number of ether oxygens (including phenoxy) is 2. The molecule has 2 aromatic carbocycles. The fourth-order valence-corrected chi connectivity index (χ4v) is 7.40. The van der Waals surface area contributed by atoms with E-state index in [1.165, 1.54) is 45.3 Å². The molecule has 0 unspecified atom stereocenters. The molecule has 1 saturated heterocycles. The molecule has 9 heteroatoms. The van der Waals surface area contributed by atoms with E-state index in [2.05, 4.69) is 9.80 Å². The summed E-state index contributed by atoms with van der Waals surface area (Å²) in [6.45, 7) is 5.45. The van der Waals surface area contributed by atoms with Crippen LogP contribution in [0.4, 0.5) is 5.69 Å². The number of esters is 1. The minimum Gasteiger partial charge on any atom is -0.465 e. The van der Waals surface area contributed by atoms with Gasteiger partial charge in [-0.15, -0.1) is 0 Å². The van der Waals surface area contributed by atoms with Gasteiger partial charge in [-0.3, -0.25) is 4.90 Å². The minimum absolute atomic E-state index is 0.0205. The summed E-state index contributed by atoms with van der Waals surface area (Å²) in [5.74, 6) is -0.296. The lowest BCUT2D eigenvalue weighted by atomic mass is 9.94. The Bertz CT molecular complexity index is 1250. The lowest BCUT2D eigenvalue weighted by Crippen LogP contribution is -2.50. The van der Waals surface area contributed by atoms with Crippen molar-refractivity contribution in [3.8, 4) is 11.5 Å². The maximum atomic E-state index is 13.4. The van der Waals surface area contributed by atoms with E-state index in [1.807, 2.05) is 12.1 Å². The molecular weight excluding hydrogens is 488 g/mol. The zero-order valence-electron chi connectivity index (χ0n) is 20.2. The minimum atomic E-state index is -3.78. The van der Waals surface area contributed by atoms with Gasteiger partial charge in [0.25, 0.3) is 0 Å². The summed E-state index contributed by atoms with van der Waals surface area (Å²) in [5.41, 5.74) is 2.13. The molecule has 0 aromatic heterocycles. The third kappa shape index (κ3) is 4.76. The third-order valence-electron chi connectivity index (χ3n) is 7.42. The SMILES string of the molecule is COC(=O)c1cc(C)c2c(c1)S(=O)(=O)Cc1cc(N3CCN(C4CCCCC4)CC3)cc(Cl)c1O2. The number of methoxy groups -OCH3 is 1. The number of benzene rings is 2. The standard InChI is InChI=1S/C26H31ClN2O5S/c1-17-12-18(26(30)33-2)14-23-24(17)34-25-19(16-35(23,31)32)13-21(15-22(25)27)29-10-8-28(9-11-29)20-6-4-3-5-7-20/h12-15,20H,3-11,16H2,1-2H3. The highest BCUT2D eigenvalue weighted by molar-refractivity contribution is 7.90. The molecule has 5 rings (SSSR count). The lowest BCUT2D eigenvalue weighted by Gasteiger charge is -2.41. The fraction of sp³-hybridized carbons (Fsp3) is 0.500. The van der Waals surface area contributed by atoms with Crippen LogP contribution in [0.3, 0.4) is 0 Å². The van der Waals surface area contributed by atoms with Gasteiger partial charge in [0.1, 0.15) is 16.4 Å². The quantitative estimate of drug-likeness (QED) is 0.531. The smallest absolute Gasteiger partial charge is 0.337 e. The van der Waals surface area contributed by atoms with E-state index >= 15 is 0 Å². The summed E-state index contributed by atoms with van der Waals surface area (Å²) in [7, 11) is -2.52. The molecule has 7 nitrogen and oxygen atoms in total. The number of hydrogen-bond donors (Lipinski definition) is 0. The zero-order valence-corrected chi connectivity index (χ0v) is 21.8. The molecule has 1 aliphatic carbocycles. The van der Waals surface area contributed by atoms with Gasteiger partial charge in [-0.05, 0) is 49.6 Å². The van der Waals surface area contributed by atoms with Crippen molar-refractivity contribution in [2.45, 2.75) is 55.7 Å². The number of rotatable bonds is 3. The van der Waals surface area contributed by atoms with E-state index in [0.29, 0.717) is 27.9 Å². The average molecular weight is 519 g/mol. The number of hydrogen-bond acceptors (Lipinski definition) is 7. The Kier molecular flexibility index (Phi) is 6.72. The van der Waals surface area contributed by atoms with Crippen molar-refractivity contribution >= 4 is 33.1 Å². The lowest BCUT2D eigenvalue weighted by molar-refractivity contribution is 0.0600. The van der Waals surface area contributed by atoms with Crippen LogP contribution in [0.2, 0.25) is 5.02 Å². The zero-order chi connectivity index (χ0) is 24.7. The van der Waals surface area contributed by atoms with Crippen LogP contribution in [-0.2, 0) is 20.3 Å². The maximum Gasteiger partial charge on any atom is 0.337 e. The van der Waals surface area contributed by atoms with Crippen molar-refractivity contribution in [1.82, 2.24) is 4.90 Å². The van der Waals surface area contributed by atoms with E-state index in [9.17, 15) is 13.2 Å². The van der Waals surface area contributed by atoms with Crippen LogP contribution in [0.15, 0.2) is 29.2 Å². The molecule has 2 aliphatic heterocycles. The molecule has 2 aromatic rings. The molecule has 0 N–H and O–H groups in total. The Morgan fingerprint density at radius 3 is 2.43 bits per heavy atom. The average Bonchev–Trinajstić information content (AvgIpc) is 2.97. The Morgan fingerprint density at radius 1 is 1.03 bits per heavy atom. The monoisotopic (exact) mass is 518 g/mol. The number of anilines is 1. The molecule has 3 aliphatic rings. The van der Waals surface area contributed by atoms with Crippen LogP contribution < -0.4 is 9.64 Å². The van der Waals surface area contributed by atoms with E-state index < -0.39 is 15.8 Å². The number of aryl methyl sites for hydroxylation is 1. The van der Waals surface area contributed by atoms with Gasteiger partial charge >= 0.3 is 5.97 Å². The molecule has 0 atom stereocenters. The van der Waals surface area contributed by atoms with Crippen LogP contribution in [0.1, 0.15) is 53.6 Å². The topological polar surface area (TPSA) is 76.2 Å². The predicted molar refractivity (Wildman–Crippen MR) is 136 cm³/mol.